The van der Waals surface area contributed by atoms with Crippen LogP contribution in [0.5, 0.6) is 5.75 Å². The Balaban J connectivity index is 1.98. The van der Waals surface area contributed by atoms with Crippen LogP contribution in [0.25, 0.3) is 0 Å². The Labute approximate surface area is 119 Å². The number of aromatic hydroxyl groups is 1. The van der Waals surface area contributed by atoms with Gasteiger partial charge in [0.2, 0.25) is 0 Å². The van der Waals surface area contributed by atoms with Crippen molar-refractivity contribution in [1.82, 2.24) is 4.90 Å². The number of phenolic OH excluding ortho intramolecular Hbond substituents is 1. The van der Waals surface area contributed by atoms with Gasteiger partial charge in [-0.1, -0.05) is 6.07 Å². The topological polar surface area (TPSA) is 49.5 Å². The van der Waals surface area contributed by atoms with Crippen LogP contribution in [0.2, 0.25) is 0 Å². The molecule has 0 amide bonds. The summed E-state index contributed by atoms with van der Waals surface area (Å²) in [5.74, 6) is 0.142. The van der Waals surface area contributed by atoms with Crippen LogP contribution in [0.15, 0.2) is 33.4 Å². The van der Waals surface area contributed by atoms with E-state index in [2.05, 4.69) is 39.3 Å². The Bertz CT molecular complexity index is 542. The summed E-state index contributed by atoms with van der Waals surface area (Å²) >= 11 is 5.16. The number of rotatable bonds is 4. The second-order valence-electron chi connectivity index (χ2n) is 4.32. The Morgan fingerprint density at radius 2 is 2.00 bits per heavy atom. The fourth-order valence-corrected chi connectivity index (χ4v) is 3.01. The first-order chi connectivity index (χ1) is 8.54. The molecule has 1 aromatic carbocycles. The average Bonchev–Trinajstić information content (AvgIpc) is 2.69. The van der Waals surface area contributed by atoms with Crippen molar-refractivity contribution in [2.75, 3.05) is 12.8 Å². The van der Waals surface area contributed by atoms with Crippen molar-refractivity contribution in [3.63, 3.8) is 0 Å². The number of nitrogens with two attached hydrogens (primary N) is 1. The van der Waals surface area contributed by atoms with Crippen LogP contribution in [-0.4, -0.2) is 17.1 Å². The van der Waals surface area contributed by atoms with E-state index in [0.29, 0.717) is 5.69 Å². The highest BCUT2D eigenvalue weighted by Gasteiger charge is 2.05. The minimum Gasteiger partial charge on any atom is -0.506 e. The lowest BCUT2D eigenvalue weighted by Gasteiger charge is -2.16. The van der Waals surface area contributed by atoms with Crippen LogP contribution in [0.3, 0.4) is 0 Å². The molecule has 0 bridgehead atoms. The molecule has 0 aliphatic rings. The van der Waals surface area contributed by atoms with Crippen molar-refractivity contribution >= 4 is 33.0 Å². The number of halogens is 1. The van der Waals surface area contributed by atoms with Crippen molar-refractivity contribution in [1.29, 1.82) is 0 Å². The lowest BCUT2D eigenvalue weighted by atomic mass is 10.1. The van der Waals surface area contributed by atoms with Gasteiger partial charge in [-0.3, -0.25) is 4.90 Å². The minimum atomic E-state index is 0.142. The van der Waals surface area contributed by atoms with Crippen LogP contribution in [0.1, 0.15) is 11.1 Å². The third-order valence-electron chi connectivity index (χ3n) is 2.62. The van der Waals surface area contributed by atoms with Gasteiger partial charge in [-0.2, -0.15) is 0 Å². The van der Waals surface area contributed by atoms with Crippen LogP contribution in [0, 0.1) is 0 Å². The summed E-state index contributed by atoms with van der Waals surface area (Å²) in [6.07, 6.45) is 0. The molecule has 0 aliphatic heterocycles. The lowest BCUT2D eigenvalue weighted by molar-refractivity contribution is 0.319. The maximum absolute atomic E-state index is 9.37. The average molecular weight is 327 g/mol. The van der Waals surface area contributed by atoms with Gasteiger partial charge in [0.15, 0.2) is 0 Å². The zero-order valence-electron chi connectivity index (χ0n) is 10.1. The quantitative estimate of drug-likeness (QED) is 0.668. The highest BCUT2D eigenvalue weighted by molar-refractivity contribution is 9.11. The van der Waals surface area contributed by atoms with Crippen molar-refractivity contribution < 1.29 is 5.11 Å². The fourth-order valence-electron chi connectivity index (χ4n) is 1.81. The number of anilines is 1. The molecule has 0 aliphatic carbocycles. The van der Waals surface area contributed by atoms with Crippen molar-refractivity contribution in [2.24, 2.45) is 0 Å². The number of hydrogen-bond donors (Lipinski definition) is 2. The molecule has 1 heterocycles. The Morgan fingerprint density at radius 3 is 2.61 bits per heavy atom. The molecule has 0 unspecified atom stereocenters. The number of thiophene rings is 1. The summed E-state index contributed by atoms with van der Waals surface area (Å²) in [5, 5.41) is 11.5. The molecule has 18 heavy (non-hydrogen) atoms. The summed E-state index contributed by atoms with van der Waals surface area (Å²) < 4.78 is 1.15. The lowest BCUT2D eigenvalue weighted by Crippen LogP contribution is -2.16. The van der Waals surface area contributed by atoms with E-state index < -0.39 is 0 Å². The predicted octanol–water partition coefficient (Wildman–Crippen LogP) is 3.43. The summed E-state index contributed by atoms with van der Waals surface area (Å²) in [4.78, 5) is 2.21. The van der Waals surface area contributed by atoms with E-state index in [-0.39, 0.29) is 5.75 Å². The Kier molecular flexibility index (Phi) is 4.27. The normalized spacial score (nSPS) is 11.1. The van der Waals surface area contributed by atoms with Gasteiger partial charge >= 0.3 is 0 Å². The summed E-state index contributed by atoms with van der Waals surface area (Å²) in [6.45, 7) is 1.70. The summed E-state index contributed by atoms with van der Waals surface area (Å²) in [6, 6.07) is 7.48. The van der Waals surface area contributed by atoms with Gasteiger partial charge in [-0.15, -0.1) is 11.3 Å². The molecule has 2 rings (SSSR count). The first kappa shape index (κ1) is 13.4. The molecule has 3 N–H and O–H groups in total. The van der Waals surface area contributed by atoms with E-state index in [4.69, 9.17) is 5.73 Å². The van der Waals surface area contributed by atoms with Gasteiger partial charge in [0.25, 0.3) is 0 Å². The third kappa shape index (κ3) is 3.48. The van der Waals surface area contributed by atoms with E-state index in [1.807, 2.05) is 12.1 Å². The predicted molar refractivity (Wildman–Crippen MR) is 79.7 cm³/mol. The van der Waals surface area contributed by atoms with Crippen LogP contribution in [-0.2, 0) is 13.1 Å². The van der Waals surface area contributed by atoms with Gasteiger partial charge < -0.3 is 10.8 Å². The number of nitrogens with zero attached hydrogens (tertiary/aromatic N) is 1. The molecule has 0 spiro atoms. The maximum atomic E-state index is 9.37. The van der Waals surface area contributed by atoms with Crippen LogP contribution < -0.4 is 5.73 Å². The van der Waals surface area contributed by atoms with E-state index >= 15 is 0 Å². The molecular formula is C13H15BrN2OS. The zero-order valence-corrected chi connectivity index (χ0v) is 12.5. The highest BCUT2D eigenvalue weighted by Crippen LogP contribution is 2.23. The second kappa shape index (κ2) is 5.73. The first-order valence-electron chi connectivity index (χ1n) is 5.53. The maximum Gasteiger partial charge on any atom is 0.138 e. The number of nitrogen functional groups attached to an aromatic ring is 1. The number of hydrogen-bond acceptors (Lipinski definition) is 4. The second-order valence-corrected chi connectivity index (χ2v) is 6.61. The monoisotopic (exact) mass is 326 g/mol. The van der Waals surface area contributed by atoms with E-state index in [1.54, 1.807) is 17.4 Å². The Hall–Kier alpha value is -1.04. The van der Waals surface area contributed by atoms with E-state index in [0.717, 1.165) is 22.4 Å². The summed E-state index contributed by atoms with van der Waals surface area (Å²) in [5.41, 5.74) is 8.50. The molecule has 96 valence electrons. The molecule has 0 radical (unpaired) electrons. The largest absolute Gasteiger partial charge is 0.506 e. The van der Waals surface area contributed by atoms with Crippen molar-refractivity contribution in [3.8, 4) is 5.75 Å². The fraction of sp³-hybridized carbons (Fsp3) is 0.231. The summed E-state index contributed by atoms with van der Waals surface area (Å²) in [7, 11) is 2.06. The van der Waals surface area contributed by atoms with Gasteiger partial charge in [-0.25, -0.2) is 0 Å². The third-order valence-corrected chi connectivity index (χ3v) is 4.17. The Morgan fingerprint density at radius 1 is 1.28 bits per heavy atom. The number of benzene rings is 1. The highest BCUT2D eigenvalue weighted by atomic mass is 79.9. The molecule has 1 aromatic heterocycles. The molecule has 3 nitrogen and oxygen atoms in total. The van der Waals surface area contributed by atoms with Crippen molar-refractivity contribution in [2.45, 2.75) is 13.1 Å². The van der Waals surface area contributed by atoms with E-state index in [9.17, 15) is 5.11 Å². The van der Waals surface area contributed by atoms with Crippen LogP contribution in [0.4, 0.5) is 5.69 Å². The molecule has 2 aromatic rings. The van der Waals surface area contributed by atoms with Gasteiger partial charge in [0.1, 0.15) is 5.75 Å². The number of phenols is 1. The molecule has 0 saturated heterocycles. The first-order valence-corrected chi connectivity index (χ1v) is 7.20. The van der Waals surface area contributed by atoms with Gasteiger partial charge in [0, 0.05) is 13.1 Å². The van der Waals surface area contributed by atoms with Gasteiger partial charge in [0.05, 0.1) is 9.47 Å². The standard InChI is InChI=1S/C13H15BrN2OS/c1-16(7-10-5-13(14)18-8-10)6-9-2-3-12(17)11(15)4-9/h2-5,8,17H,6-7,15H2,1H3. The van der Waals surface area contributed by atoms with E-state index in [1.165, 1.54) is 5.56 Å². The van der Waals surface area contributed by atoms with Crippen molar-refractivity contribution in [3.05, 3.63) is 44.6 Å². The zero-order chi connectivity index (χ0) is 13.1. The molecule has 0 saturated carbocycles. The van der Waals surface area contributed by atoms with Crippen LogP contribution >= 0.6 is 27.3 Å². The molecule has 0 fully saturated rings. The SMILES string of the molecule is CN(Cc1csc(Br)c1)Cc1ccc(O)c(N)c1. The minimum absolute atomic E-state index is 0.142. The molecule has 0 atom stereocenters. The smallest absolute Gasteiger partial charge is 0.138 e. The molecule has 5 heteroatoms. The molecular weight excluding hydrogens is 312 g/mol. The van der Waals surface area contributed by atoms with Gasteiger partial charge in [-0.05, 0) is 57.7 Å².